The number of benzene rings is 1. The molecule has 1 aromatic rings. The molecule has 0 saturated carbocycles. The Hall–Kier alpha value is -0.930. The fourth-order valence-corrected chi connectivity index (χ4v) is 2.99. The first-order valence-corrected chi connectivity index (χ1v) is 7.37. The molecule has 106 valence electrons. The van der Waals surface area contributed by atoms with E-state index in [1.165, 1.54) is 0 Å². The van der Waals surface area contributed by atoms with Gasteiger partial charge in [0.15, 0.2) is 0 Å². The van der Waals surface area contributed by atoms with Crippen molar-refractivity contribution in [3.05, 3.63) is 35.6 Å². The van der Waals surface area contributed by atoms with E-state index in [9.17, 15) is 4.39 Å². The van der Waals surface area contributed by atoms with Crippen LogP contribution in [0.3, 0.4) is 0 Å². The zero-order valence-corrected chi connectivity index (χ0v) is 11.9. The highest BCUT2D eigenvalue weighted by molar-refractivity contribution is 5.22. The summed E-state index contributed by atoms with van der Waals surface area (Å²) in [4.78, 5) is 0. The topological polar surface area (TPSA) is 21.3 Å². The van der Waals surface area contributed by atoms with Gasteiger partial charge in [-0.1, -0.05) is 32.0 Å². The third-order valence-corrected chi connectivity index (χ3v) is 3.95. The maximum Gasteiger partial charge on any atom is 0.127 e. The van der Waals surface area contributed by atoms with Gasteiger partial charge in [0, 0.05) is 24.1 Å². The molecule has 2 rings (SSSR count). The molecule has 1 aliphatic heterocycles. The van der Waals surface area contributed by atoms with E-state index < -0.39 is 0 Å². The molecule has 2 nitrogen and oxygen atoms in total. The van der Waals surface area contributed by atoms with Crippen molar-refractivity contribution < 1.29 is 9.13 Å². The summed E-state index contributed by atoms with van der Waals surface area (Å²) in [6, 6.07) is 7.17. The van der Waals surface area contributed by atoms with E-state index in [2.05, 4.69) is 19.2 Å². The molecule has 0 radical (unpaired) electrons. The first-order valence-electron chi connectivity index (χ1n) is 7.37. The number of nitrogens with one attached hydrogen (secondary N) is 1. The van der Waals surface area contributed by atoms with Crippen LogP contribution in [0.15, 0.2) is 24.3 Å². The lowest BCUT2D eigenvalue weighted by molar-refractivity contribution is 0.0770. The van der Waals surface area contributed by atoms with E-state index in [1.54, 1.807) is 12.1 Å². The van der Waals surface area contributed by atoms with E-state index >= 15 is 0 Å². The normalized spacial score (nSPS) is 24.6. The summed E-state index contributed by atoms with van der Waals surface area (Å²) >= 11 is 0. The molecule has 0 amide bonds. The molecule has 0 aliphatic carbocycles. The largest absolute Gasteiger partial charge is 0.378 e. The van der Waals surface area contributed by atoms with Crippen molar-refractivity contribution in [2.75, 3.05) is 13.2 Å². The second-order valence-corrected chi connectivity index (χ2v) is 5.22. The average molecular weight is 265 g/mol. The summed E-state index contributed by atoms with van der Waals surface area (Å²) in [5.41, 5.74) is 0.782. The van der Waals surface area contributed by atoms with Crippen molar-refractivity contribution in [2.24, 2.45) is 5.92 Å². The molecule has 1 N–H and O–H groups in total. The SMILES string of the molecule is CCCNC(c1ccccc1F)C1CCOC1CC. The third kappa shape index (κ3) is 3.34. The van der Waals surface area contributed by atoms with Crippen LogP contribution < -0.4 is 5.32 Å². The van der Waals surface area contributed by atoms with Gasteiger partial charge >= 0.3 is 0 Å². The quantitative estimate of drug-likeness (QED) is 0.847. The molecule has 0 spiro atoms. The molecule has 0 bridgehead atoms. The number of halogens is 1. The van der Waals surface area contributed by atoms with Gasteiger partial charge in [-0.05, 0) is 31.9 Å². The predicted octanol–water partition coefficient (Wildman–Crippen LogP) is 3.68. The zero-order valence-electron chi connectivity index (χ0n) is 11.9. The predicted molar refractivity (Wildman–Crippen MR) is 75.6 cm³/mol. The minimum absolute atomic E-state index is 0.0635. The van der Waals surface area contributed by atoms with E-state index in [4.69, 9.17) is 4.74 Å². The van der Waals surface area contributed by atoms with Crippen LogP contribution in [0, 0.1) is 11.7 Å². The second-order valence-electron chi connectivity index (χ2n) is 5.22. The summed E-state index contributed by atoms with van der Waals surface area (Å²) in [7, 11) is 0. The Kier molecular flexibility index (Phi) is 5.34. The van der Waals surface area contributed by atoms with Gasteiger partial charge in [0.05, 0.1) is 6.10 Å². The van der Waals surface area contributed by atoms with Gasteiger partial charge < -0.3 is 10.1 Å². The Morgan fingerprint density at radius 2 is 2.16 bits per heavy atom. The van der Waals surface area contributed by atoms with Gasteiger partial charge in [0.1, 0.15) is 5.82 Å². The van der Waals surface area contributed by atoms with Crippen LogP contribution >= 0.6 is 0 Å². The van der Waals surface area contributed by atoms with Crippen LogP contribution in [0.2, 0.25) is 0 Å². The van der Waals surface area contributed by atoms with Crippen LogP contribution in [0.25, 0.3) is 0 Å². The van der Waals surface area contributed by atoms with Crippen LogP contribution in [0.1, 0.15) is 44.7 Å². The van der Waals surface area contributed by atoms with Crippen LogP contribution in [-0.4, -0.2) is 19.3 Å². The Morgan fingerprint density at radius 3 is 2.84 bits per heavy atom. The lowest BCUT2D eigenvalue weighted by Gasteiger charge is -2.29. The highest BCUT2D eigenvalue weighted by Crippen LogP contribution is 2.35. The molecule has 19 heavy (non-hydrogen) atoms. The highest BCUT2D eigenvalue weighted by atomic mass is 19.1. The van der Waals surface area contributed by atoms with Crippen LogP contribution in [0.4, 0.5) is 4.39 Å². The summed E-state index contributed by atoms with van der Waals surface area (Å²) < 4.78 is 19.8. The third-order valence-electron chi connectivity index (χ3n) is 3.95. The smallest absolute Gasteiger partial charge is 0.127 e. The Balaban J connectivity index is 2.22. The van der Waals surface area contributed by atoms with Gasteiger partial charge in [0.25, 0.3) is 0 Å². The lowest BCUT2D eigenvalue weighted by Crippen LogP contribution is -2.33. The van der Waals surface area contributed by atoms with Gasteiger partial charge in [-0.3, -0.25) is 0 Å². The van der Waals surface area contributed by atoms with Crippen molar-refractivity contribution in [1.29, 1.82) is 0 Å². The Labute approximate surface area is 115 Å². The minimum Gasteiger partial charge on any atom is -0.378 e. The molecular formula is C16H24FNO. The van der Waals surface area contributed by atoms with E-state index in [0.717, 1.165) is 38.0 Å². The molecule has 3 heteroatoms. The fourth-order valence-electron chi connectivity index (χ4n) is 2.99. The fraction of sp³-hybridized carbons (Fsp3) is 0.625. The van der Waals surface area contributed by atoms with Gasteiger partial charge in [-0.25, -0.2) is 4.39 Å². The average Bonchev–Trinajstić information content (AvgIpc) is 2.89. The van der Waals surface area contributed by atoms with Crippen LogP contribution in [-0.2, 0) is 4.74 Å². The molecule has 3 atom stereocenters. The van der Waals surface area contributed by atoms with Crippen molar-refractivity contribution >= 4 is 0 Å². The molecule has 1 aliphatic rings. The first-order chi connectivity index (χ1) is 9.27. The summed E-state index contributed by atoms with van der Waals surface area (Å²) in [5.74, 6) is 0.256. The molecule has 0 aromatic heterocycles. The van der Waals surface area contributed by atoms with Crippen molar-refractivity contribution in [1.82, 2.24) is 5.32 Å². The summed E-state index contributed by atoms with van der Waals surface area (Å²) in [5, 5.41) is 3.51. The zero-order chi connectivity index (χ0) is 13.7. The Morgan fingerprint density at radius 1 is 1.37 bits per heavy atom. The van der Waals surface area contributed by atoms with Gasteiger partial charge in [-0.2, -0.15) is 0 Å². The Bertz CT molecular complexity index is 396. The van der Waals surface area contributed by atoms with Crippen molar-refractivity contribution in [3.8, 4) is 0 Å². The number of ether oxygens (including phenoxy) is 1. The van der Waals surface area contributed by atoms with Crippen LogP contribution in [0.5, 0.6) is 0 Å². The first kappa shape index (κ1) is 14.5. The van der Waals surface area contributed by atoms with Gasteiger partial charge in [0.2, 0.25) is 0 Å². The summed E-state index contributed by atoms with van der Waals surface area (Å²) in [6.45, 7) is 5.98. The number of hydrogen-bond acceptors (Lipinski definition) is 2. The molecule has 3 unspecified atom stereocenters. The minimum atomic E-state index is -0.113. The second kappa shape index (κ2) is 7.01. The highest BCUT2D eigenvalue weighted by Gasteiger charge is 2.35. The maximum atomic E-state index is 14.1. The van der Waals surface area contributed by atoms with E-state index in [0.29, 0.717) is 5.92 Å². The maximum absolute atomic E-state index is 14.1. The molecule has 1 saturated heterocycles. The van der Waals surface area contributed by atoms with Crippen molar-refractivity contribution in [2.45, 2.75) is 45.3 Å². The standard InChI is InChI=1S/C16H24FNO/c1-3-10-18-16(12-7-5-6-8-14(12)17)13-9-11-19-15(13)4-2/h5-8,13,15-16,18H,3-4,9-11H2,1-2H3. The summed E-state index contributed by atoms with van der Waals surface area (Å²) in [6.07, 6.45) is 3.29. The van der Waals surface area contributed by atoms with E-state index in [1.807, 2.05) is 12.1 Å². The number of hydrogen-bond donors (Lipinski definition) is 1. The van der Waals surface area contributed by atoms with Gasteiger partial charge in [-0.15, -0.1) is 0 Å². The monoisotopic (exact) mass is 265 g/mol. The van der Waals surface area contributed by atoms with Crippen molar-refractivity contribution in [3.63, 3.8) is 0 Å². The molecule has 1 fully saturated rings. The lowest BCUT2D eigenvalue weighted by atomic mass is 9.86. The molecule has 1 heterocycles. The van der Waals surface area contributed by atoms with E-state index in [-0.39, 0.29) is 18.0 Å². The molecule has 1 aromatic carbocycles. The molecular weight excluding hydrogens is 241 g/mol. The number of rotatable bonds is 6.